The third-order valence-corrected chi connectivity index (χ3v) is 3.16. The lowest BCUT2D eigenvalue weighted by Crippen LogP contribution is -2.35. The van der Waals surface area contributed by atoms with Crippen molar-refractivity contribution in [3.05, 3.63) is 0 Å². The first kappa shape index (κ1) is 21.2. The van der Waals surface area contributed by atoms with E-state index >= 15 is 0 Å². The first-order valence-corrected chi connectivity index (χ1v) is 8.24. The second kappa shape index (κ2) is 15.9. The molecule has 0 aromatic carbocycles. The molecule has 3 nitrogen and oxygen atoms in total. The van der Waals surface area contributed by atoms with Gasteiger partial charge in [0.25, 0.3) is 0 Å². The van der Waals surface area contributed by atoms with E-state index in [1.165, 1.54) is 45.4 Å². The van der Waals surface area contributed by atoms with Crippen molar-refractivity contribution in [1.29, 1.82) is 0 Å². The molecule has 3 heteroatoms. The molecule has 0 aliphatic rings. The Bertz CT molecular complexity index is 156. The van der Waals surface area contributed by atoms with Crippen LogP contribution in [0.1, 0.15) is 53.9 Å². The van der Waals surface area contributed by atoms with Gasteiger partial charge in [0.15, 0.2) is 0 Å². The van der Waals surface area contributed by atoms with Gasteiger partial charge < -0.3 is 15.5 Å². The van der Waals surface area contributed by atoms with Crippen molar-refractivity contribution in [3.63, 3.8) is 0 Å². The van der Waals surface area contributed by atoms with Crippen LogP contribution in [0.15, 0.2) is 0 Å². The highest BCUT2D eigenvalue weighted by molar-refractivity contribution is 4.65. The minimum Gasteiger partial charge on any atom is -0.329 e. The molecular weight excluding hydrogens is 234 g/mol. The largest absolute Gasteiger partial charge is 0.329 e. The maximum Gasteiger partial charge on any atom is 0.0105 e. The topological polar surface area (TPSA) is 32.5 Å². The maximum atomic E-state index is 5.65. The van der Waals surface area contributed by atoms with Gasteiger partial charge in [-0.2, -0.15) is 0 Å². The Morgan fingerprint density at radius 3 is 2.00 bits per heavy atom. The first-order valence-electron chi connectivity index (χ1n) is 8.24. The molecule has 2 N–H and O–H groups in total. The lowest BCUT2D eigenvalue weighted by atomic mass is 10.1. The summed E-state index contributed by atoms with van der Waals surface area (Å²) in [6, 6.07) is 0. The minimum atomic E-state index is 0.771. The lowest BCUT2D eigenvalue weighted by Gasteiger charge is -2.26. The van der Waals surface area contributed by atoms with E-state index < -0.39 is 0 Å². The van der Waals surface area contributed by atoms with E-state index in [9.17, 15) is 0 Å². The van der Waals surface area contributed by atoms with Crippen LogP contribution in [0.4, 0.5) is 0 Å². The molecule has 1 unspecified atom stereocenters. The van der Waals surface area contributed by atoms with Gasteiger partial charge in [-0.3, -0.25) is 0 Å². The monoisotopic (exact) mass is 273 g/mol. The van der Waals surface area contributed by atoms with E-state index in [-0.39, 0.29) is 0 Å². The fraction of sp³-hybridized carbons (Fsp3) is 1.00. The van der Waals surface area contributed by atoms with Crippen LogP contribution in [-0.4, -0.2) is 56.1 Å². The van der Waals surface area contributed by atoms with E-state index in [1.54, 1.807) is 0 Å². The summed E-state index contributed by atoms with van der Waals surface area (Å²) in [6.07, 6.45) is 3.77. The summed E-state index contributed by atoms with van der Waals surface area (Å²) in [5.74, 6) is 0.771. The Balaban J connectivity index is 0. The SMILES string of the molecule is CC.CCCN(C)CCC(C)CN(CCC)CCN. The molecule has 0 radical (unpaired) electrons. The lowest BCUT2D eigenvalue weighted by molar-refractivity contribution is 0.221. The third kappa shape index (κ3) is 14.1. The second-order valence-corrected chi connectivity index (χ2v) is 5.29. The Labute approximate surface area is 122 Å². The zero-order valence-corrected chi connectivity index (χ0v) is 14.4. The van der Waals surface area contributed by atoms with Crippen molar-refractivity contribution in [2.75, 3.05) is 46.3 Å². The van der Waals surface area contributed by atoms with Crippen LogP contribution in [0, 0.1) is 5.92 Å². The molecule has 0 bridgehead atoms. The molecule has 0 aromatic heterocycles. The van der Waals surface area contributed by atoms with Crippen LogP contribution in [0.2, 0.25) is 0 Å². The van der Waals surface area contributed by atoms with Crippen LogP contribution in [-0.2, 0) is 0 Å². The van der Waals surface area contributed by atoms with Crippen LogP contribution in [0.5, 0.6) is 0 Å². The molecule has 0 aliphatic carbocycles. The number of nitrogens with zero attached hydrogens (tertiary/aromatic N) is 2. The Morgan fingerprint density at radius 1 is 0.947 bits per heavy atom. The smallest absolute Gasteiger partial charge is 0.0105 e. The number of rotatable bonds is 11. The number of nitrogens with two attached hydrogens (primary N) is 1. The van der Waals surface area contributed by atoms with E-state index in [4.69, 9.17) is 5.73 Å². The molecule has 0 saturated carbocycles. The highest BCUT2D eigenvalue weighted by Gasteiger charge is 2.09. The highest BCUT2D eigenvalue weighted by Crippen LogP contribution is 2.06. The van der Waals surface area contributed by atoms with Crippen molar-refractivity contribution in [2.24, 2.45) is 11.7 Å². The number of hydrogen-bond donors (Lipinski definition) is 1. The molecule has 19 heavy (non-hydrogen) atoms. The molecule has 0 amide bonds. The van der Waals surface area contributed by atoms with Crippen molar-refractivity contribution in [1.82, 2.24) is 9.80 Å². The van der Waals surface area contributed by atoms with Gasteiger partial charge in [-0.05, 0) is 51.9 Å². The van der Waals surface area contributed by atoms with E-state index in [1.807, 2.05) is 13.8 Å². The van der Waals surface area contributed by atoms with Crippen molar-refractivity contribution < 1.29 is 0 Å². The van der Waals surface area contributed by atoms with Gasteiger partial charge in [-0.1, -0.05) is 34.6 Å². The molecule has 0 spiro atoms. The van der Waals surface area contributed by atoms with Gasteiger partial charge in [0.2, 0.25) is 0 Å². The van der Waals surface area contributed by atoms with E-state index in [2.05, 4.69) is 37.6 Å². The predicted molar refractivity (Wildman–Crippen MR) is 88.7 cm³/mol. The molecule has 0 saturated heterocycles. The van der Waals surface area contributed by atoms with Gasteiger partial charge in [-0.25, -0.2) is 0 Å². The van der Waals surface area contributed by atoms with Crippen LogP contribution in [0.25, 0.3) is 0 Å². The van der Waals surface area contributed by atoms with Gasteiger partial charge >= 0.3 is 0 Å². The van der Waals surface area contributed by atoms with Gasteiger partial charge in [0.1, 0.15) is 0 Å². The Morgan fingerprint density at radius 2 is 1.53 bits per heavy atom. The van der Waals surface area contributed by atoms with Crippen LogP contribution in [0.3, 0.4) is 0 Å². The Hall–Kier alpha value is -0.120. The average molecular weight is 274 g/mol. The molecule has 0 aromatic rings. The van der Waals surface area contributed by atoms with Crippen molar-refractivity contribution in [3.8, 4) is 0 Å². The van der Waals surface area contributed by atoms with Crippen LogP contribution >= 0.6 is 0 Å². The maximum absolute atomic E-state index is 5.65. The first-order chi connectivity index (χ1) is 9.13. The van der Waals surface area contributed by atoms with Crippen molar-refractivity contribution >= 4 is 0 Å². The van der Waals surface area contributed by atoms with Crippen molar-refractivity contribution in [2.45, 2.75) is 53.9 Å². The minimum absolute atomic E-state index is 0.771. The summed E-state index contributed by atoms with van der Waals surface area (Å²) in [5.41, 5.74) is 5.65. The quantitative estimate of drug-likeness (QED) is 0.628. The average Bonchev–Trinajstić information content (AvgIpc) is 2.40. The van der Waals surface area contributed by atoms with E-state index in [0.29, 0.717) is 0 Å². The van der Waals surface area contributed by atoms with Gasteiger partial charge in [-0.15, -0.1) is 0 Å². The highest BCUT2D eigenvalue weighted by atomic mass is 15.1. The summed E-state index contributed by atoms with van der Waals surface area (Å²) in [6.45, 7) is 17.5. The van der Waals surface area contributed by atoms with E-state index in [0.717, 1.165) is 19.0 Å². The predicted octanol–water partition coefficient (Wildman–Crippen LogP) is 3.05. The summed E-state index contributed by atoms with van der Waals surface area (Å²) in [4.78, 5) is 4.94. The fourth-order valence-electron chi connectivity index (χ4n) is 2.26. The summed E-state index contributed by atoms with van der Waals surface area (Å²) < 4.78 is 0. The molecule has 0 aliphatic heterocycles. The summed E-state index contributed by atoms with van der Waals surface area (Å²) in [5, 5.41) is 0. The standard InChI is InChI=1S/C14H33N3.C2H6/c1-5-9-16(4)11-7-14(3)13-17(10-6-2)12-8-15;1-2/h14H,5-13,15H2,1-4H3;1-2H3. The zero-order chi connectivity index (χ0) is 15.1. The summed E-state index contributed by atoms with van der Waals surface area (Å²) in [7, 11) is 2.22. The van der Waals surface area contributed by atoms with Gasteiger partial charge in [0.05, 0.1) is 0 Å². The second-order valence-electron chi connectivity index (χ2n) is 5.29. The molecule has 0 heterocycles. The fourth-order valence-corrected chi connectivity index (χ4v) is 2.26. The third-order valence-electron chi connectivity index (χ3n) is 3.16. The zero-order valence-electron chi connectivity index (χ0n) is 14.4. The molecule has 0 fully saturated rings. The van der Waals surface area contributed by atoms with Crippen LogP contribution < -0.4 is 5.73 Å². The van der Waals surface area contributed by atoms with Gasteiger partial charge in [0, 0.05) is 19.6 Å². The Kier molecular flexibility index (Phi) is 17.8. The molecule has 1 atom stereocenters. The summed E-state index contributed by atoms with van der Waals surface area (Å²) >= 11 is 0. The molecule has 118 valence electrons. The normalized spacial score (nSPS) is 12.5. The molecule has 0 rings (SSSR count). The molecular formula is C16H39N3. The number of hydrogen-bond acceptors (Lipinski definition) is 3.